The van der Waals surface area contributed by atoms with Gasteiger partial charge in [0.15, 0.2) is 11.5 Å². The highest BCUT2D eigenvalue weighted by molar-refractivity contribution is 6.62. The van der Waals surface area contributed by atoms with E-state index < -0.39 is 30.5 Å². The fraction of sp³-hybridized carbons (Fsp3) is 0.429. The molecular weight excluding hydrogens is 303 g/mol. The summed E-state index contributed by atoms with van der Waals surface area (Å²) in [7, 11) is -0.669. The van der Waals surface area contributed by atoms with Crippen molar-refractivity contribution in [3.63, 3.8) is 0 Å². The van der Waals surface area contributed by atoms with Crippen LogP contribution in [0.3, 0.4) is 0 Å². The summed E-state index contributed by atoms with van der Waals surface area (Å²) in [5.74, 6) is -0.0833. The second-order valence-electron chi connectivity index (χ2n) is 6.14. The van der Waals surface area contributed by atoms with Crippen molar-refractivity contribution in [1.82, 2.24) is 0 Å². The van der Waals surface area contributed by atoms with Crippen molar-refractivity contribution in [2.45, 2.75) is 38.9 Å². The van der Waals surface area contributed by atoms with Gasteiger partial charge >= 0.3 is 19.3 Å². The maximum absolute atomic E-state index is 11.0. The first-order chi connectivity index (χ1) is 10.5. The van der Waals surface area contributed by atoms with Crippen molar-refractivity contribution in [3.8, 4) is 11.5 Å². The number of rotatable bonds is 3. The first-order valence-electron chi connectivity index (χ1n) is 6.96. The van der Waals surface area contributed by atoms with Gasteiger partial charge in [-0.3, -0.25) is 0 Å². The number of benzene rings is 1. The van der Waals surface area contributed by atoms with Crippen molar-refractivity contribution < 1.29 is 28.4 Å². The monoisotopic (exact) mass is 322 g/mol. The fourth-order valence-corrected chi connectivity index (χ4v) is 2.03. The van der Waals surface area contributed by atoms with E-state index in [1.807, 2.05) is 27.7 Å². The SMILES string of the molecule is CC1(C)OB(c2ccc(OC(N)=O)c(OC(N)=O)c2)OC1(C)C. The number of hydrogen-bond donors (Lipinski definition) is 2. The Morgan fingerprint density at radius 1 is 0.957 bits per heavy atom. The average Bonchev–Trinajstić information content (AvgIpc) is 2.59. The third-order valence-corrected chi connectivity index (χ3v) is 3.91. The second kappa shape index (κ2) is 5.75. The number of carbonyl (C=O) groups is 2. The Morgan fingerprint density at radius 2 is 1.43 bits per heavy atom. The summed E-state index contributed by atoms with van der Waals surface area (Å²) < 4.78 is 21.4. The van der Waals surface area contributed by atoms with E-state index >= 15 is 0 Å². The van der Waals surface area contributed by atoms with Crippen LogP contribution in [0, 0.1) is 0 Å². The molecule has 0 atom stereocenters. The Kier molecular flexibility index (Phi) is 4.27. The van der Waals surface area contributed by atoms with Gasteiger partial charge in [-0.2, -0.15) is 0 Å². The molecule has 4 N–H and O–H groups in total. The minimum Gasteiger partial charge on any atom is -0.407 e. The lowest BCUT2D eigenvalue weighted by atomic mass is 9.79. The predicted molar refractivity (Wildman–Crippen MR) is 82.6 cm³/mol. The predicted octanol–water partition coefficient (Wildman–Crippen LogP) is 0.901. The second-order valence-corrected chi connectivity index (χ2v) is 6.14. The van der Waals surface area contributed by atoms with Crippen LogP contribution in [-0.4, -0.2) is 30.5 Å². The van der Waals surface area contributed by atoms with Crippen LogP contribution in [0.5, 0.6) is 11.5 Å². The molecule has 0 saturated carbocycles. The van der Waals surface area contributed by atoms with E-state index in [1.54, 1.807) is 6.07 Å². The van der Waals surface area contributed by atoms with Crippen LogP contribution in [0.1, 0.15) is 27.7 Å². The number of hydrogen-bond acceptors (Lipinski definition) is 6. The molecule has 0 aromatic heterocycles. The Labute approximate surface area is 134 Å². The fourth-order valence-electron chi connectivity index (χ4n) is 2.03. The summed E-state index contributed by atoms with van der Waals surface area (Å²) >= 11 is 0. The summed E-state index contributed by atoms with van der Waals surface area (Å²) in [4.78, 5) is 21.9. The lowest BCUT2D eigenvalue weighted by Crippen LogP contribution is -2.41. The topological polar surface area (TPSA) is 123 Å². The highest BCUT2D eigenvalue weighted by Crippen LogP contribution is 2.37. The zero-order valence-corrected chi connectivity index (χ0v) is 13.4. The van der Waals surface area contributed by atoms with Crippen molar-refractivity contribution in [2.24, 2.45) is 11.5 Å². The molecule has 1 aromatic rings. The van der Waals surface area contributed by atoms with Gasteiger partial charge in [0.1, 0.15) is 0 Å². The molecule has 1 aromatic carbocycles. The van der Waals surface area contributed by atoms with Crippen molar-refractivity contribution in [2.75, 3.05) is 0 Å². The summed E-state index contributed by atoms with van der Waals surface area (Å²) in [5, 5.41) is 0. The molecule has 2 amide bonds. The van der Waals surface area contributed by atoms with Crippen molar-refractivity contribution >= 4 is 24.8 Å². The molecule has 0 bridgehead atoms. The first kappa shape index (κ1) is 17.1. The van der Waals surface area contributed by atoms with Gasteiger partial charge in [-0.15, -0.1) is 0 Å². The normalized spacial score (nSPS) is 18.5. The van der Waals surface area contributed by atoms with Crippen LogP contribution in [0.4, 0.5) is 9.59 Å². The number of nitrogens with two attached hydrogens (primary N) is 2. The lowest BCUT2D eigenvalue weighted by molar-refractivity contribution is 0.00578. The highest BCUT2D eigenvalue weighted by Gasteiger charge is 2.51. The third kappa shape index (κ3) is 3.57. The zero-order valence-electron chi connectivity index (χ0n) is 13.4. The van der Waals surface area contributed by atoms with Gasteiger partial charge in [-0.05, 0) is 45.3 Å². The number of amides is 2. The number of ether oxygens (including phenoxy) is 2. The summed E-state index contributed by atoms with van der Waals surface area (Å²) in [6, 6.07) is 4.49. The van der Waals surface area contributed by atoms with E-state index in [1.165, 1.54) is 12.1 Å². The Balaban J connectivity index is 2.34. The molecule has 1 aliphatic rings. The largest absolute Gasteiger partial charge is 0.494 e. The smallest absolute Gasteiger partial charge is 0.407 e. The van der Waals surface area contributed by atoms with Gasteiger partial charge in [-0.25, -0.2) is 9.59 Å². The van der Waals surface area contributed by atoms with Gasteiger partial charge in [0.2, 0.25) is 0 Å². The maximum atomic E-state index is 11.0. The molecule has 2 rings (SSSR count). The molecule has 9 heteroatoms. The van der Waals surface area contributed by atoms with Crippen LogP contribution >= 0.6 is 0 Å². The molecule has 0 spiro atoms. The summed E-state index contributed by atoms with van der Waals surface area (Å²) in [5.41, 5.74) is 9.53. The van der Waals surface area contributed by atoms with E-state index in [2.05, 4.69) is 0 Å². The lowest BCUT2D eigenvalue weighted by Gasteiger charge is -2.32. The van der Waals surface area contributed by atoms with Gasteiger partial charge in [-0.1, -0.05) is 6.07 Å². The zero-order chi connectivity index (χ0) is 17.4. The minimum atomic E-state index is -1.05. The van der Waals surface area contributed by atoms with E-state index in [0.717, 1.165) is 0 Å². The quantitative estimate of drug-likeness (QED) is 0.797. The van der Waals surface area contributed by atoms with E-state index in [9.17, 15) is 9.59 Å². The van der Waals surface area contributed by atoms with E-state index in [-0.39, 0.29) is 11.5 Å². The summed E-state index contributed by atoms with van der Waals surface area (Å²) in [6.45, 7) is 7.66. The standard InChI is InChI=1S/C14H19BN2O6/c1-13(2)14(3,4)23-15(22-13)8-5-6-9(20-11(16)18)10(7-8)21-12(17)19/h5-7H,1-4H3,(H2,16,18)(H2,17,19). The molecule has 0 aliphatic carbocycles. The minimum absolute atomic E-state index is 0.0310. The molecule has 1 aliphatic heterocycles. The van der Waals surface area contributed by atoms with Crippen LogP contribution in [-0.2, 0) is 9.31 Å². The molecule has 1 fully saturated rings. The molecule has 8 nitrogen and oxygen atoms in total. The Morgan fingerprint density at radius 3 is 1.91 bits per heavy atom. The van der Waals surface area contributed by atoms with Gasteiger partial charge in [0.25, 0.3) is 0 Å². The van der Waals surface area contributed by atoms with Crippen LogP contribution in [0.25, 0.3) is 0 Å². The van der Waals surface area contributed by atoms with Crippen molar-refractivity contribution in [3.05, 3.63) is 18.2 Å². The molecule has 0 radical (unpaired) electrons. The molecular formula is C14H19BN2O6. The Bertz CT molecular complexity index is 630. The summed E-state index contributed by atoms with van der Waals surface area (Å²) in [6.07, 6.45) is -2.09. The van der Waals surface area contributed by atoms with Crippen molar-refractivity contribution in [1.29, 1.82) is 0 Å². The molecule has 0 unspecified atom stereocenters. The Hall–Kier alpha value is -2.26. The van der Waals surface area contributed by atoms with E-state index in [0.29, 0.717) is 5.46 Å². The van der Waals surface area contributed by atoms with Crippen LogP contribution < -0.4 is 26.4 Å². The third-order valence-electron chi connectivity index (χ3n) is 3.91. The first-order valence-corrected chi connectivity index (χ1v) is 6.96. The van der Waals surface area contributed by atoms with Crippen LogP contribution in [0.15, 0.2) is 18.2 Å². The van der Waals surface area contributed by atoms with Gasteiger partial charge in [0, 0.05) is 0 Å². The molecule has 1 saturated heterocycles. The maximum Gasteiger partial charge on any atom is 0.494 e. The van der Waals surface area contributed by atoms with Crippen LogP contribution in [0.2, 0.25) is 0 Å². The highest BCUT2D eigenvalue weighted by atomic mass is 16.7. The molecule has 23 heavy (non-hydrogen) atoms. The van der Waals surface area contributed by atoms with E-state index in [4.69, 9.17) is 30.2 Å². The number of carbonyl (C=O) groups excluding carboxylic acids is 2. The molecule has 124 valence electrons. The average molecular weight is 322 g/mol. The van der Waals surface area contributed by atoms with Gasteiger partial charge in [0.05, 0.1) is 11.2 Å². The van der Waals surface area contributed by atoms with Gasteiger partial charge < -0.3 is 30.2 Å². The number of primary amides is 2. The molecule has 1 heterocycles.